The van der Waals surface area contributed by atoms with E-state index in [1.54, 1.807) is 0 Å². The molecule has 4 nitrogen and oxygen atoms in total. The van der Waals surface area contributed by atoms with Gasteiger partial charge in [0.1, 0.15) is 6.42 Å². The molecule has 0 aliphatic heterocycles. The van der Waals surface area contributed by atoms with Gasteiger partial charge in [0.25, 0.3) is 0 Å². The zero-order valence-electron chi connectivity index (χ0n) is 10.1. The summed E-state index contributed by atoms with van der Waals surface area (Å²) < 4.78 is 0. The highest BCUT2D eigenvalue weighted by Crippen LogP contribution is 2.09. The number of carbonyl (C=O) groups excluding carboxylic acids is 1. The summed E-state index contributed by atoms with van der Waals surface area (Å²) in [5, 5.41) is 11.1. The van der Waals surface area contributed by atoms with Gasteiger partial charge in [-0.3, -0.25) is 9.59 Å². The number of aryl methyl sites for hydroxylation is 1. The largest absolute Gasteiger partial charge is 0.481 e. The van der Waals surface area contributed by atoms with Crippen molar-refractivity contribution in [3.05, 3.63) is 35.4 Å². The highest BCUT2D eigenvalue weighted by molar-refractivity contribution is 5.93. The van der Waals surface area contributed by atoms with Gasteiger partial charge in [-0.2, -0.15) is 0 Å². The number of hydrogen-bond donors (Lipinski definition) is 2. The predicted octanol–water partition coefficient (Wildman–Crippen LogP) is 1.52. The summed E-state index contributed by atoms with van der Waals surface area (Å²) in [7, 11) is 0. The summed E-state index contributed by atoms with van der Waals surface area (Å²) in [4.78, 5) is 21.6. The smallest absolute Gasteiger partial charge is 0.312 e. The lowest BCUT2D eigenvalue weighted by molar-refractivity contribution is -0.140. The second-order valence-corrected chi connectivity index (χ2v) is 4.17. The van der Waals surface area contributed by atoms with Crippen LogP contribution < -0.4 is 5.32 Å². The van der Waals surface area contributed by atoms with E-state index in [0.29, 0.717) is 6.42 Å². The number of aliphatic carboxylic acids is 1. The van der Waals surface area contributed by atoms with Gasteiger partial charge in [-0.1, -0.05) is 24.3 Å². The molecule has 0 saturated carbocycles. The highest BCUT2D eigenvalue weighted by atomic mass is 16.4. The fraction of sp³-hybridized carbons (Fsp3) is 0.385. The Morgan fingerprint density at radius 2 is 2.00 bits per heavy atom. The van der Waals surface area contributed by atoms with Crippen LogP contribution in [0.25, 0.3) is 0 Å². The van der Waals surface area contributed by atoms with Crippen LogP contribution >= 0.6 is 0 Å². The molecule has 0 bridgehead atoms. The summed E-state index contributed by atoms with van der Waals surface area (Å²) in [6.07, 6.45) is 0.232. The Kier molecular flexibility index (Phi) is 4.69. The van der Waals surface area contributed by atoms with Crippen LogP contribution in [0.5, 0.6) is 0 Å². The lowest BCUT2D eigenvalue weighted by atomic mass is 10.0. The molecule has 4 heteroatoms. The van der Waals surface area contributed by atoms with Crippen molar-refractivity contribution in [2.45, 2.75) is 32.7 Å². The second-order valence-electron chi connectivity index (χ2n) is 4.17. The quantitative estimate of drug-likeness (QED) is 0.760. The number of benzene rings is 1. The van der Waals surface area contributed by atoms with E-state index in [9.17, 15) is 9.59 Å². The van der Waals surface area contributed by atoms with Gasteiger partial charge in [-0.25, -0.2) is 0 Å². The number of carboxylic acid groups (broad SMARTS) is 1. The van der Waals surface area contributed by atoms with Crippen molar-refractivity contribution in [1.29, 1.82) is 0 Å². The third-order valence-electron chi connectivity index (χ3n) is 2.51. The average molecular weight is 235 g/mol. The SMILES string of the molecule is Cc1ccccc1CC(C)NC(=O)CC(=O)O. The summed E-state index contributed by atoms with van der Waals surface area (Å²) in [6, 6.07) is 7.87. The first-order valence-corrected chi connectivity index (χ1v) is 5.54. The molecule has 0 saturated heterocycles. The van der Waals surface area contributed by atoms with Crippen molar-refractivity contribution in [3.63, 3.8) is 0 Å². The average Bonchev–Trinajstić information content (AvgIpc) is 2.19. The van der Waals surface area contributed by atoms with E-state index in [4.69, 9.17) is 5.11 Å². The molecular weight excluding hydrogens is 218 g/mol. The molecule has 0 heterocycles. The lowest BCUT2D eigenvalue weighted by Gasteiger charge is -2.14. The fourth-order valence-corrected chi connectivity index (χ4v) is 1.68. The van der Waals surface area contributed by atoms with Crippen molar-refractivity contribution >= 4 is 11.9 Å². The number of hydrogen-bond acceptors (Lipinski definition) is 2. The number of carboxylic acids is 1. The molecule has 92 valence electrons. The van der Waals surface area contributed by atoms with E-state index in [0.717, 1.165) is 5.56 Å². The molecule has 17 heavy (non-hydrogen) atoms. The molecule has 0 radical (unpaired) electrons. The van der Waals surface area contributed by atoms with Crippen molar-refractivity contribution < 1.29 is 14.7 Å². The molecule has 0 aromatic heterocycles. The minimum atomic E-state index is -1.11. The van der Waals surface area contributed by atoms with Gasteiger partial charge in [0.2, 0.25) is 5.91 Å². The number of carbonyl (C=O) groups is 2. The van der Waals surface area contributed by atoms with E-state index >= 15 is 0 Å². The molecule has 1 unspecified atom stereocenters. The molecule has 1 amide bonds. The monoisotopic (exact) mass is 235 g/mol. The maximum Gasteiger partial charge on any atom is 0.312 e. The molecule has 1 aromatic carbocycles. The van der Waals surface area contributed by atoms with Crippen molar-refractivity contribution in [3.8, 4) is 0 Å². The van der Waals surface area contributed by atoms with Crippen LogP contribution in [0.1, 0.15) is 24.5 Å². The normalized spacial score (nSPS) is 11.9. The molecule has 1 atom stereocenters. The maximum absolute atomic E-state index is 11.2. The summed E-state index contributed by atoms with van der Waals surface area (Å²) in [5.41, 5.74) is 2.34. The van der Waals surface area contributed by atoms with Gasteiger partial charge in [0.15, 0.2) is 0 Å². The third-order valence-corrected chi connectivity index (χ3v) is 2.51. The van der Waals surface area contributed by atoms with Gasteiger partial charge in [0.05, 0.1) is 0 Å². The number of rotatable bonds is 5. The highest BCUT2D eigenvalue weighted by Gasteiger charge is 2.11. The Labute approximate surface area is 101 Å². The Balaban J connectivity index is 2.50. The van der Waals surface area contributed by atoms with E-state index < -0.39 is 18.3 Å². The van der Waals surface area contributed by atoms with Gasteiger partial charge in [-0.05, 0) is 31.4 Å². The Bertz CT molecular complexity index is 415. The zero-order chi connectivity index (χ0) is 12.8. The van der Waals surface area contributed by atoms with Crippen LogP contribution in [0.4, 0.5) is 0 Å². The first-order valence-electron chi connectivity index (χ1n) is 5.54. The van der Waals surface area contributed by atoms with Crippen molar-refractivity contribution in [2.75, 3.05) is 0 Å². The van der Waals surface area contributed by atoms with Crippen LogP contribution in [-0.2, 0) is 16.0 Å². The molecule has 2 N–H and O–H groups in total. The first kappa shape index (κ1) is 13.2. The van der Waals surface area contributed by atoms with Crippen LogP contribution in [0, 0.1) is 6.92 Å². The fourth-order valence-electron chi connectivity index (χ4n) is 1.68. The van der Waals surface area contributed by atoms with Gasteiger partial charge >= 0.3 is 5.97 Å². The van der Waals surface area contributed by atoms with Crippen LogP contribution in [-0.4, -0.2) is 23.0 Å². The van der Waals surface area contributed by atoms with Crippen molar-refractivity contribution in [1.82, 2.24) is 5.32 Å². The predicted molar refractivity (Wildman–Crippen MR) is 64.7 cm³/mol. The zero-order valence-corrected chi connectivity index (χ0v) is 10.1. The molecule has 0 aliphatic carbocycles. The minimum Gasteiger partial charge on any atom is -0.481 e. The van der Waals surface area contributed by atoms with Gasteiger partial charge < -0.3 is 10.4 Å². The number of amides is 1. The molecule has 1 aromatic rings. The Morgan fingerprint density at radius 1 is 1.35 bits per heavy atom. The van der Waals surface area contributed by atoms with Gasteiger partial charge in [-0.15, -0.1) is 0 Å². The Morgan fingerprint density at radius 3 is 2.59 bits per heavy atom. The molecular formula is C13H17NO3. The van der Waals surface area contributed by atoms with Crippen molar-refractivity contribution in [2.24, 2.45) is 0 Å². The van der Waals surface area contributed by atoms with Crippen LogP contribution in [0.15, 0.2) is 24.3 Å². The summed E-state index contributed by atoms with van der Waals surface area (Å²) in [5.74, 6) is -1.55. The lowest BCUT2D eigenvalue weighted by Crippen LogP contribution is -2.35. The summed E-state index contributed by atoms with van der Waals surface area (Å²) >= 11 is 0. The van der Waals surface area contributed by atoms with Gasteiger partial charge in [0, 0.05) is 6.04 Å². The first-order chi connectivity index (χ1) is 7.99. The second kappa shape index (κ2) is 6.03. The summed E-state index contributed by atoms with van der Waals surface area (Å²) in [6.45, 7) is 3.88. The molecule has 0 aliphatic rings. The molecule has 1 rings (SSSR count). The Hall–Kier alpha value is -1.84. The third kappa shape index (κ3) is 4.68. The topological polar surface area (TPSA) is 66.4 Å². The molecule has 0 spiro atoms. The van der Waals surface area contributed by atoms with E-state index in [1.807, 2.05) is 38.1 Å². The van der Waals surface area contributed by atoms with E-state index in [1.165, 1.54) is 5.56 Å². The maximum atomic E-state index is 11.2. The molecule has 0 fully saturated rings. The van der Waals surface area contributed by atoms with E-state index in [2.05, 4.69) is 5.32 Å². The van der Waals surface area contributed by atoms with Crippen LogP contribution in [0.3, 0.4) is 0 Å². The van der Waals surface area contributed by atoms with Crippen LogP contribution in [0.2, 0.25) is 0 Å². The van der Waals surface area contributed by atoms with E-state index in [-0.39, 0.29) is 6.04 Å². The standard InChI is InChI=1S/C13H17NO3/c1-9-5-3-4-6-11(9)7-10(2)14-12(15)8-13(16)17/h3-6,10H,7-8H2,1-2H3,(H,14,15)(H,16,17). The number of nitrogens with one attached hydrogen (secondary N) is 1. The minimum absolute atomic E-state index is 0.0667.